The minimum Gasteiger partial charge on any atom is -0.399 e. The molecule has 1 heterocycles. The summed E-state index contributed by atoms with van der Waals surface area (Å²) in [5.41, 5.74) is 6.48. The molecule has 3 N–H and O–H groups in total. The zero-order valence-electron chi connectivity index (χ0n) is 10.6. The fourth-order valence-electron chi connectivity index (χ4n) is 1.74. The van der Waals surface area contributed by atoms with Crippen molar-refractivity contribution in [1.29, 1.82) is 0 Å². The zero-order valence-corrected chi connectivity index (χ0v) is 11.3. The van der Waals surface area contributed by atoms with E-state index in [4.69, 9.17) is 17.3 Å². The molecular weight excluding hydrogens is 266 g/mol. The van der Waals surface area contributed by atoms with Gasteiger partial charge >= 0.3 is 0 Å². The van der Waals surface area contributed by atoms with E-state index in [0.717, 1.165) is 0 Å². The number of carbonyl (C=O) groups excluding carboxylic acids is 1. The summed E-state index contributed by atoms with van der Waals surface area (Å²) in [4.78, 5) is 12.1. The first-order valence-electron chi connectivity index (χ1n) is 5.69. The van der Waals surface area contributed by atoms with Crippen molar-refractivity contribution in [1.82, 2.24) is 20.1 Å². The first kappa shape index (κ1) is 13.4. The topological polar surface area (TPSA) is 85.8 Å². The van der Waals surface area contributed by atoms with Crippen LogP contribution >= 0.6 is 11.6 Å². The normalized spacial score (nSPS) is 12.2. The Morgan fingerprint density at radius 3 is 2.89 bits per heavy atom. The predicted octanol–water partition coefficient (Wildman–Crippen LogP) is 1.54. The highest BCUT2D eigenvalue weighted by molar-refractivity contribution is 6.34. The second-order valence-electron chi connectivity index (χ2n) is 4.23. The Balaban J connectivity index is 2.17. The van der Waals surface area contributed by atoms with Crippen molar-refractivity contribution >= 4 is 23.2 Å². The molecule has 2 aromatic rings. The van der Waals surface area contributed by atoms with Crippen LogP contribution in [0.5, 0.6) is 0 Å². The van der Waals surface area contributed by atoms with Gasteiger partial charge in [0.05, 0.1) is 16.6 Å². The number of aryl methyl sites for hydroxylation is 1. The maximum atomic E-state index is 12.1. The van der Waals surface area contributed by atoms with Gasteiger partial charge in [0, 0.05) is 12.7 Å². The van der Waals surface area contributed by atoms with Crippen LogP contribution in [-0.4, -0.2) is 20.7 Å². The van der Waals surface area contributed by atoms with Gasteiger partial charge < -0.3 is 15.6 Å². The molecule has 1 atom stereocenters. The van der Waals surface area contributed by atoms with Gasteiger partial charge in [-0.3, -0.25) is 4.79 Å². The lowest BCUT2D eigenvalue weighted by molar-refractivity contribution is 0.0938. The van der Waals surface area contributed by atoms with Gasteiger partial charge in [0.15, 0.2) is 5.82 Å². The minimum absolute atomic E-state index is 0.280. The van der Waals surface area contributed by atoms with Gasteiger partial charge in [-0.25, -0.2) is 0 Å². The number of nitrogens with two attached hydrogens (primary N) is 1. The van der Waals surface area contributed by atoms with E-state index >= 15 is 0 Å². The number of halogens is 1. The number of rotatable bonds is 3. The van der Waals surface area contributed by atoms with E-state index in [1.165, 1.54) is 0 Å². The molecule has 1 amide bonds. The number of benzene rings is 1. The van der Waals surface area contributed by atoms with E-state index in [1.807, 2.05) is 14.0 Å². The van der Waals surface area contributed by atoms with Crippen LogP contribution in [0.2, 0.25) is 5.02 Å². The third kappa shape index (κ3) is 2.85. The monoisotopic (exact) mass is 279 g/mol. The van der Waals surface area contributed by atoms with Gasteiger partial charge in [-0.1, -0.05) is 11.6 Å². The summed E-state index contributed by atoms with van der Waals surface area (Å²) in [6.45, 7) is 1.82. The Bertz CT molecular complexity index is 610. The van der Waals surface area contributed by atoms with Crippen LogP contribution in [0.3, 0.4) is 0 Å². The molecule has 0 aliphatic rings. The third-order valence-corrected chi connectivity index (χ3v) is 3.05. The number of hydrogen-bond acceptors (Lipinski definition) is 4. The molecule has 0 aliphatic carbocycles. The van der Waals surface area contributed by atoms with E-state index in [1.54, 1.807) is 29.1 Å². The first-order chi connectivity index (χ1) is 8.99. The molecular formula is C12H14ClN5O. The van der Waals surface area contributed by atoms with Crippen LogP contribution in [0.1, 0.15) is 29.1 Å². The molecule has 1 aromatic heterocycles. The average molecular weight is 280 g/mol. The number of carbonyl (C=O) groups is 1. The maximum Gasteiger partial charge on any atom is 0.253 e. The van der Waals surface area contributed by atoms with Gasteiger partial charge in [0.2, 0.25) is 0 Å². The molecule has 0 bridgehead atoms. The summed E-state index contributed by atoms with van der Waals surface area (Å²) in [7, 11) is 1.81. The van der Waals surface area contributed by atoms with Gasteiger partial charge in [-0.2, -0.15) is 0 Å². The van der Waals surface area contributed by atoms with Gasteiger partial charge in [0.25, 0.3) is 5.91 Å². The number of nitrogen functional groups attached to an aromatic ring is 1. The zero-order chi connectivity index (χ0) is 14.0. The number of nitrogens with zero attached hydrogens (tertiary/aromatic N) is 3. The molecule has 100 valence electrons. The molecule has 0 radical (unpaired) electrons. The number of nitrogens with one attached hydrogen (secondary N) is 1. The lowest BCUT2D eigenvalue weighted by atomic mass is 10.1. The van der Waals surface area contributed by atoms with Crippen molar-refractivity contribution in [3.8, 4) is 0 Å². The fraction of sp³-hybridized carbons (Fsp3) is 0.250. The molecule has 0 fully saturated rings. The second kappa shape index (κ2) is 5.27. The molecule has 0 saturated heterocycles. The van der Waals surface area contributed by atoms with Crippen molar-refractivity contribution in [3.05, 3.63) is 40.9 Å². The molecule has 0 saturated carbocycles. The predicted molar refractivity (Wildman–Crippen MR) is 72.7 cm³/mol. The Kier molecular flexibility index (Phi) is 3.71. The van der Waals surface area contributed by atoms with Crippen LogP contribution in [0.25, 0.3) is 0 Å². The largest absolute Gasteiger partial charge is 0.399 e. The van der Waals surface area contributed by atoms with Crippen LogP contribution in [0.15, 0.2) is 24.5 Å². The SMILES string of the molecule is CC(NC(=O)c1cc(N)ccc1Cl)c1nncn1C. The average Bonchev–Trinajstić information content (AvgIpc) is 2.78. The highest BCUT2D eigenvalue weighted by Crippen LogP contribution is 2.19. The summed E-state index contributed by atoms with van der Waals surface area (Å²) in [5, 5.41) is 10.9. The molecule has 1 unspecified atom stereocenters. The number of anilines is 1. The van der Waals surface area contributed by atoms with Gasteiger partial charge in [-0.05, 0) is 25.1 Å². The van der Waals surface area contributed by atoms with Crippen molar-refractivity contribution in [2.75, 3.05) is 5.73 Å². The van der Waals surface area contributed by atoms with Crippen LogP contribution in [-0.2, 0) is 7.05 Å². The summed E-state index contributed by atoms with van der Waals surface area (Å²) >= 11 is 5.98. The molecule has 6 nitrogen and oxygen atoms in total. The quantitative estimate of drug-likeness (QED) is 0.835. The molecule has 19 heavy (non-hydrogen) atoms. The van der Waals surface area contributed by atoms with E-state index in [0.29, 0.717) is 22.1 Å². The Morgan fingerprint density at radius 2 is 2.26 bits per heavy atom. The Hall–Kier alpha value is -2.08. The highest BCUT2D eigenvalue weighted by Gasteiger charge is 2.17. The number of hydrogen-bond donors (Lipinski definition) is 2. The summed E-state index contributed by atoms with van der Waals surface area (Å²) in [6, 6.07) is 4.50. The summed E-state index contributed by atoms with van der Waals surface area (Å²) in [6.07, 6.45) is 1.57. The summed E-state index contributed by atoms with van der Waals surface area (Å²) < 4.78 is 1.74. The van der Waals surface area contributed by atoms with E-state index in [9.17, 15) is 4.79 Å². The fourth-order valence-corrected chi connectivity index (χ4v) is 1.94. The van der Waals surface area contributed by atoms with Crippen molar-refractivity contribution in [2.24, 2.45) is 7.05 Å². The number of amides is 1. The Morgan fingerprint density at radius 1 is 1.53 bits per heavy atom. The van der Waals surface area contributed by atoms with Crippen LogP contribution in [0, 0.1) is 0 Å². The third-order valence-electron chi connectivity index (χ3n) is 2.72. The molecule has 1 aromatic carbocycles. The van der Waals surface area contributed by atoms with E-state index < -0.39 is 0 Å². The molecule has 0 aliphatic heterocycles. The second-order valence-corrected chi connectivity index (χ2v) is 4.64. The van der Waals surface area contributed by atoms with Crippen molar-refractivity contribution in [3.63, 3.8) is 0 Å². The molecule has 7 heteroatoms. The van der Waals surface area contributed by atoms with E-state index in [-0.39, 0.29) is 11.9 Å². The standard InChI is InChI=1S/C12H14ClN5O/c1-7(11-17-15-6-18(11)2)16-12(19)9-5-8(14)3-4-10(9)13/h3-7H,14H2,1-2H3,(H,16,19). The summed E-state index contributed by atoms with van der Waals surface area (Å²) in [5.74, 6) is 0.362. The smallest absolute Gasteiger partial charge is 0.253 e. The van der Waals surface area contributed by atoms with Crippen molar-refractivity contribution in [2.45, 2.75) is 13.0 Å². The van der Waals surface area contributed by atoms with Crippen LogP contribution < -0.4 is 11.1 Å². The maximum absolute atomic E-state index is 12.1. The lowest BCUT2D eigenvalue weighted by Crippen LogP contribution is -2.28. The highest BCUT2D eigenvalue weighted by atomic mass is 35.5. The molecule has 2 rings (SSSR count). The van der Waals surface area contributed by atoms with Gasteiger partial charge in [0.1, 0.15) is 6.33 Å². The Labute approximate surface area is 115 Å². The molecule has 0 spiro atoms. The minimum atomic E-state index is -0.298. The lowest BCUT2D eigenvalue weighted by Gasteiger charge is -2.13. The first-order valence-corrected chi connectivity index (χ1v) is 6.06. The van der Waals surface area contributed by atoms with Crippen LogP contribution in [0.4, 0.5) is 5.69 Å². The van der Waals surface area contributed by atoms with Crippen molar-refractivity contribution < 1.29 is 4.79 Å². The number of aromatic nitrogens is 3. The van der Waals surface area contributed by atoms with E-state index in [2.05, 4.69) is 15.5 Å². The van der Waals surface area contributed by atoms with Gasteiger partial charge in [-0.15, -0.1) is 10.2 Å².